The molecule has 2 amide bonds. The molecule has 0 radical (unpaired) electrons. The molecule has 0 spiro atoms. The minimum absolute atomic E-state index is 0.189. The van der Waals surface area contributed by atoms with E-state index < -0.39 is 10.0 Å². The lowest BCUT2D eigenvalue weighted by molar-refractivity contribution is 0.244. The summed E-state index contributed by atoms with van der Waals surface area (Å²) in [6.07, 6.45) is 5.57. The molecule has 1 saturated carbocycles. The third kappa shape index (κ3) is 4.91. The molecule has 1 aromatic heterocycles. The van der Waals surface area contributed by atoms with Gasteiger partial charge in [-0.05, 0) is 50.1 Å². The Morgan fingerprint density at radius 3 is 2.53 bits per heavy atom. The fraction of sp³-hybridized carbons (Fsp3) is 0.333. The van der Waals surface area contributed by atoms with Gasteiger partial charge in [0.1, 0.15) is 0 Å². The summed E-state index contributed by atoms with van der Waals surface area (Å²) >= 11 is 1.25. The third-order valence-electron chi connectivity index (χ3n) is 5.14. The van der Waals surface area contributed by atoms with E-state index in [2.05, 4.69) is 20.3 Å². The average Bonchev–Trinajstić information content (AvgIpc) is 3.09. The number of hydrogen-bond donors (Lipinski definition) is 3. The van der Waals surface area contributed by atoms with E-state index in [4.69, 9.17) is 0 Å². The highest BCUT2D eigenvalue weighted by Crippen LogP contribution is 2.29. The van der Waals surface area contributed by atoms with Crippen molar-refractivity contribution in [3.05, 3.63) is 48.0 Å². The number of benzene rings is 2. The van der Waals surface area contributed by atoms with E-state index in [9.17, 15) is 13.2 Å². The number of anilines is 2. The van der Waals surface area contributed by atoms with Gasteiger partial charge in [0.15, 0.2) is 5.13 Å². The fourth-order valence-electron chi connectivity index (χ4n) is 3.54. The molecule has 0 unspecified atom stereocenters. The van der Waals surface area contributed by atoms with Crippen LogP contribution < -0.4 is 15.4 Å². The van der Waals surface area contributed by atoms with Crippen molar-refractivity contribution >= 4 is 48.4 Å². The van der Waals surface area contributed by atoms with Gasteiger partial charge in [0.2, 0.25) is 0 Å². The number of aromatic nitrogens is 1. The first kappa shape index (κ1) is 20.6. The van der Waals surface area contributed by atoms with Crippen molar-refractivity contribution in [1.29, 1.82) is 0 Å². The number of fused-ring (bicyclic) bond motifs is 1. The van der Waals surface area contributed by atoms with E-state index >= 15 is 0 Å². The van der Waals surface area contributed by atoms with E-state index in [0.717, 1.165) is 35.9 Å². The zero-order chi connectivity index (χ0) is 21.1. The summed E-state index contributed by atoms with van der Waals surface area (Å²) in [5.74, 6) is 0. The van der Waals surface area contributed by atoms with Gasteiger partial charge in [0, 0.05) is 11.7 Å². The van der Waals surface area contributed by atoms with E-state index in [1.165, 1.54) is 17.8 Å². The molecule has 4 rings (SSSR count). The van der Waals surface area contributed by atoms with Crippen LogP contribution in [0.15, 0.2) is 47.4 Å². The van der Waals surface area contributed by atoms with Crippen molar-refractivity contribution < 1.29 is 13.2 Å². The quantitative estimate of drug-likeness (QED) is 0.523. The predicted octanol–water partition coefficient (Wildman–Crippen LogP) is 4.86. The molecule has 3 aromatic rings. The van der Waals surface area contributed by atoms with Crippen LogP contribution in [0.1, 0.15) is 37.7 Å². The standard InChI is InChI=1S/C21H24N4O3S2/c1-14-7-10-17(11-8-14)30(27,28)25-21-24-18-13-16(9-12-19(18)29-21)23-20(26)22-15-5-3-2-4-6-15/h7-13,15H,2-6H2,1H3,(H,24,25)(H2,22,23,26). The first-order valence-electron chi connectivity index (χ1n) is 9.97. The summed E-state index contributed by atoms with van der Waals surface area (Å²) < 4.78 is 28.5. The Balaban J connectivity index is 1.45. The molecular formula is C21H24N4O3S2. The summed E-state index contributed by atoms with van der Waals surface area (Å²) in [6.45, 7) is 1.90. The number of rotatable bonds is 5. The molecule has 158 valence electrons. The first-order chi connectivity index (χ1) is 14.4. The van der Waals surface area contributed by atoms with Gasteiger partial charge in [-0.15, -0.1) is 0 Å². The average molecular weight is 445 g/mol. The molecule has 1 aliphatic rings. The maximum Gasteiger partial charge on any atom is 0.319 e. The molecule has 3 N–H and O–H groups in total. The number of sulfonamides is 1. The van der Waals surface area contributed by atoms with Crippen molar-refractivity contribution in [3.63, 3.8) is 0 Å². The van der Waals surface area contributed by atoms with Crippen LogP contribution in [0, 0.1) is 6.92 Å². The molecule has 7 nitrogen and oxygen atoms in total. The number of aryl methyl sites for hydroxylation is 1. The van der Waals surface area contributed by atoms with Crippen molar-refractivity contribution in [2.45, 2.75) is 50.0 Å². The lowest BCUT2D eigenvalue weighted by atomic mass is 9.96. The summed E-state index contributed by atoms with van der Waals surface area (Å²) in [7, 11) is -3.71. The van der Waals surface area contributed by atoms with Crippen LogP contribution in [0.3, 0.4) is 0 Å². The normalized spacial score (nSPS) is 15.1. The van der Waals surface area contributed by atoms with Gasteiger partial charge >= 0.3 is 6.03 Å². The number of carbonyl (C=O) groups excluding carboxylic acids is 1. The van der Waals surface area contributed by atoms with Crippen molar-refractivity contribution in [2.24, 2.45) is 0 Å². The highest BCUT2D eigenvalue weighted by atomic mass is 32.2. The molecule has 1 fully saturated rings. The van der Waals surface area contributed by atoms with Crippen LogP contribution >= 0.6 is 11.3 Å². The molecule has 0 aliphatic heterocycles. The van der Waals surface area contributed by atoms with Gasteiger partial charge in [-0.2, -0.15) is 0 Å². The summed E-state index contributed by atoms with van der Waals surface area (Å²) in [5, 5.41) is 6.15. The van der Waals surface area contributed by atoms with E-state index in [0.29, 0.717) is 11.2 Å². The monoisotopic (exact) mass is 444 g/mol. The topological polar surface area (TPSA) is 100 Å². The van der Waals surface area contributed by atoms with Crippen molar-refractivity contribution in [1.82, 2.24) is 10.3 Å². The summed E-state index contributed by atoms with van der Waals surface area (Å²) in [5.41, 5.74) is 2.23. The maximum atomic E-state index is 12.6. The number of thiazole rings is 1. The highest BCUT2D eigenvalue weighted by Gasteiger charge is 2.18. The summed E-state index contributed by atoms with van der Waals surface area (Å²) in [4.78, 5) is 16.8. The third-order valence-corrected chi connectivity index (χ3v) is 7.57. The molecule has 0 atom stereocenters. The Bertz CT molecular complexity index is 1150. The van der Waals surface area contributed by atoms with Crippen LogP contribution in [0.25, 0.3) is 10.2 Å². The number of nitrogens with zero attached hydrogens (tertiary/aromatic N) is 1. The molecular weight excluding hydrogens is 420 g/mol. The van der Waals surface area contributed by atoms with Gasteiger partial charge in [0.05, 0.1) is 15.1 Å². The SMILES string of the molecule is Cc1ccc(S(=O)(=O)Nc2nc3cc(NC(=O)NC4CCCCC4)ccc3s2)cc1. The maximum absolute atomic E-state index is 12.6. The molecule has 1 aliphatic carbocycles. The Hall–Kier alpha value is -2.65. The highest BCUT2D eigenvalue weighted by molar-refractivity contribution is 7.93. The summed E-state index contributed by atoms with van der Waals surface area (Å²) in [6, 6.07) is 12.0. The van der Waals surface area contributed by atoms with Gasteiger partial charge in [-0.25, -0.2) is 18.2 Å². The minimum atomic E-state index is -3.71. The van der Waals surface area contributed by atoms with E-state index in [-0.39, 0.29) is 22.1 Å². The van der Waals surface area contributed by atoms with Crippen LogP contribution in [0.2, 0.25) is 0 Å². The second-order valence-corrected chi connectivity index (χ2v) is 10.3. The van der Waals surface area contributed by atoms with Crippen molar-refractivity contribution in [3.8, 4) is 0 Å². The number of nitrogens with one attached hydrogen (secondary N) is 3. The second kappa shape index (κ2) is 8.61. The van der Waals surface area contributed by atoms with Crippen LogP contribution in [-0.4, -0.2) is 25.5 Å². The molecule has 1 heterocycles. The number of amides is 2. The van der Waals surface area contributed by atoms with Crippen molar-refractivity contribution in [2.75, 3.05) is 10.0 Å². The Morgan fingerprint density at radius 2 is 1.80 bits per heavy atom. The predicted molar refractivity (Wildman–Crippen MR) is 121 cm³/mol. The van der Waals surface area contributed by atoms with Gasteiger partial charge in [-0.1, -0.05) is 48.3 Å². The number of urea groups is 1. The van der Waals surface area contributed by atoms with Gasteiger partial charge < -0.3 is 10.6 Å². The molecule has 0 saturated heterocycles. The first-order valence-corrected chi connectivity index (χ1v) is 12.3. The Labute approximate surface area is 180 Å². The zero-order valence-corrected chi connectivity index (χ0v) is 18.3. The van der Waals surface area contributed by atoms with Crippen LogP contribution in [-0.2, 0) is 10.0 Å². The molecule has 0 bridgehead atoms. The molecule has 30 heavy (non-hydrogen) atoms. The van der Waals surface area contributed by atoms with Crippen LogP contribution in [0.4, 0.5) is 15.6 Å². The van der Waals surface area contributed by atoms with Crippen LogP contribution in [0.5, 0.6) is 0 Å². The lowest BCUT2D eigenvalue weighted by Crippen LogP contribution is -2.38. The Kier molecular flexibility index (Phi) is 5.92. The number of hydrogen-bond acceptors (Lipinski definition) is 5. The Morgan fingerprint density at radius 1 is 1.07 bits per heavy atom. The fourth-order valence-corrected chi connectivity index (χ4v) is 5.62. The zero-order valence-electron chi connectivity index (χ0n) is 16.6. The van der Waals surface area contributed by atoms with Gasteiger partial charge in [0.25, 0.3) is 10.0 Å². The second-order valence-electron chi connectivity index (χ2n) is 7.55. The van der Waals surface area contributed by atoms with E-state index in [1.807, 2.05) is 13.0 Å². The lowest BCUT2D eigenvalue weighted by Gasteiger charge is -2.22. The van der Waals surface area contributed by atoms with Gasteiger partial charge in [-0.3, -0.25) is 4.72 Å². The smallest absolute Gasteiger partial charge is 0.319 e. The minimum Gasteiger partial charge on any atom is -0.335 e. The molecule has 9 heteroatoms. The van der Waals surface area contributed by atoms with E-state index in [1.54, 1.807) is 36.4 Å². The number of carbonyl (C=O) groups is 1. The largest absolute Gasteiger partial charge is 0.335 e. The molecule has 2 aromatic carbocycles.